The second-order valence-corrected chi connectivity index (χ2v) is 4.58. The Bertz CT molecular complexity index is 500. The number of nitrogens with one attached hydrogen (secondary N) is 1. The van der Waals surface area contributed by atoms with Gasteiger partial charge >= 0.3 is 0 Å². The topological polar surface area (TPSA) is 84.7 Å². The van der Waals surface area contributed by atoms with Crippen LogP contribution in [-0.4, -0.2) is 48.1 Å². The lowest BCUT2D eigenvalue weighted by molar-refractivity contribution is -0.384. The van der Waals surface area contributed by atoms with E-state index in [4.69, 9.17) is 4.74 Å². The summed E-state index contributed by atoms with van der Waals surface area (Å²) in [6, 6.07) is 5.78. The molecule has 1 aromatic carbocycles. The SMILES string of the molecule is CC(Nc1ccccc1[N+](=O)[O-])C(=O)N1CCOCC1. The van der Waals surface area contributed by atoms with E-state index in [1.165, 1.54) is 6.07 Å². The fraction of sp³-hybridized carbons (Fsp3) is 0.462. The predicted molar refractivity (Wildman–Crippen MR) is 73.6 cm³/mol. The fourth-order valence-corrected chi connectivity index (χ4v) is 2.11. The van der Waals surface area contributed by atoms with Crippen LogP contribution >= 0.6 is 0 Å². The highest BCUT2D eigenvalue weighted by Crippen LogP contribution is 2.24. The van der Waals surface area contributed by atoms with Gasteiger partial charge in [-0.15, -0.1) is 0 Å². The van der Waals surface area contributed by atoms with Crippen molar-refractivity contribution in [2.45, 2.75) is 13.0 Å². The molecule has 0 aliphatic carbocycles. The number of ether oxygens (including phenoxy) is 1. The van der Waals surface area contributed by atoms with Crippen molar-refractivity contribution in [2.24, 2.45) is 0 Å². The molecule has 7 nitrogen and oxygen atoms in total. The van der Waals surface area contributed by atoms with Gasteiger partial charge in [0, 0.05) is 19.2 Å². The molecule has 108 valence electrons. The van der Waals surface area contributed by atoms with Crippen LogP contribution in [0.1, 0.15) is 6.92 Å². The molecule has 20 heavy (non-hydrogen) atoms. The van der Waals surface area contributed by atoms with Gasteiger partial charge in [0.2, 0.25) is 5.91 Å². The van der Waals surface area contributed by atoms with Gasteiger partial charge in [-0.2, -0.15) is 0 Å². The lowest BCUT2D eigenvalue weighted by Gasteiger charge is -2.29. The quantitative estimate of drug-likeness (QED) is 0.662. The minimum absolute atomic E-state index is 0.0332. The van der Waals surface area contributed by atoms with Crippen molar-refractivity contribution in [3.8, 4) is 0 Å². The molecule has 2 rings (SSSR count). The molecule has 0 saturated carbocycles. The molecule has 1 atom stereocenters. The Morgan fingerprint density at radius 3 is 2.70 bits per heavy atom. The van der Waals surface area contributed by atoms with Gasteiger partial charge in [0.15, 0.2) is 0 Å². The smallest absolute Gasteiger partial charge is 0.292 e. The summed E-state index contributed by atoms with van der Waals surface area (Å²) >= 11 is 0. The zero-order valence-corrected chi connectivity index (χ0v) is 11.2. The number of amides is 1. The van der Waals surface area contributed by atoms with Crippen LogP contribution in [0.2, 0.25) is 0 Å². The Hall–Kier alpha value is -2.15. The summed E-state index contributed by atoms with van der Waals surface area (Å²) in [6.07, 6.45) is 0. The average Bonchev–Trinajstić information content (AvgIpc) is 2.47. The zero-order chi connectivity index (χ0) is 14.5. The molecule has 1 unspecified atom stereocenters. The zero-order valence-electron chi connectivity index (χ0n) is 11.2. The van der Waals surface area contributed by atoms with Crippen molar-refractivity contribution in [1.82, 2.24) is 4.90 Å². The first-order valence-corrected chi connectivity index (χ1v) is 6.46. The number of hydrogen-bond donors (Lipinski definition) is 1. The Morgan fingerprint density at radius 2 is 2.05 bits per heavy atom. The molecule has 1 aliphatic heterocycles. The maximum Gasteiger partial charge on any atom is 0.292 e. The van der Waals surface area contributed by atoms with Crippen LogP contribution in [-0.2, 0) is 9.53 Å². The van der Waals surface area contributed by atoms with Crippen LogP contribution in [0, 0.1) is 10.1 Å². The molecule has 1 heterocycles. The van der Waals surface area contributed by atoms with Gasteiger partial charge in [0.05, 0.1) is 18.1 Å². The first kappa shape index (κ1) is 14.3. The van der Waals surface area contributed by atoms with Gasteiger partial charge in [-0.25, -0.2) is 0 Å². The van der Waals surface area contributed by atoms with Crippen molar-refractivity contribution >= 4 is 17.3 Å². The minimum Gasteiger partial charge on any atom is -0.378 e. The van der Waals surface area contributed by atoms with E-state index in [-0.39, 0.29) is 11.6 Å². The summed E-state index contributed by atoms with van der Waals surface area (Å²) < 4.78 is 5.19. The number of benzene rings is 1. The monoisotopic (exact) mass is 279 g/mol. The van der Waals surface area contributed by atoms with Crippen LogP contribution in [0.25, 0.3) is 0 Å². The third-order valence-corrected chi connectivity index (χ3v) is 3.17. The highest BCUT2D eigenvalue weighted by atomic mass is 16.6. The standard InChI is InChI=1S/C13H17N3O4/c1-10(13(17)15-6-8-20-9-7-15)14-11-4-2-3-5-12(11)16(18)19/h2-5,10,14H,6-9H2,1H3. The Kier molecular flexibility index (Phi) is 4.52. The largest absolute Gasteiger partial charge is 0.378 e. The summed E-state index contributed by atoms with van der Waals surface area (Å²) in [5.41, 5.74) is 0.320. The van der Waals surface area contributed by atoms with Crippen molar-refractivity contribution < 1.29 is 14.5 Å². The van der Waals surface area contributed by atoms with E-state index in [1.807, 2.05) is 0 Å². The lowest BCUT2D eigenvalue weighted by Crippen LogP contribution is -2.47. The number of morpholine rings is 1. The van der Waals surface area contributed by atoms with Crippen LogP contribution in [0.3, 0.4) is 0 Å². The predicted octanol–water partition coefficient (Wildman–Crippen LogP) is 1.25. The summed E-state index contributed by atoms with van der Waals surface area (Å²) in [4.78, 5) is 24.4. The maximum atomic E-state index is 12.2. The number of nitrogens with zero attached hydrogens (tertiary/aromatic N) is 2. The number of hydrogen-bond acceptors (Lipinski definition) is 5. The molecule has 0 radical (unpaired) electrons. The van der Waals surface area contributed by atoms with Gasteiger partial charge in [-0.05, 0) is 13.0 Å². The van der Waals surface area contributed by atoms with Crippen LogP contribution in [0.4, 0.5) is 11.4 Å². The van der Waals surface area contributed by atoms with Crippen molar-refractivity contribution in [2.75, 3.05) is 31.6 Å². The molecule has 1 saturated heterocycles. The summed E-state index contributed by atoms with van der Waals surface area (Å²) in [7, 11) is 0. The maximum absolute atomic E-state index is 12.2. The summed E-state index contributed by atoms with van der Waals surface area (Å²) in [5, 5.41) is 13.8. The Morgan fingerprint density at radius 1 is 1.40 bits per heavy atom. The number of nitro benzene ring substituents is 1. The average molecular weight is 279 g/mol. The van der Waals surface area contributed by atoms with Gasteiger partial charge in [-0.3, -0.25) is 14.9 Å². The number of nitro groups is 1. The normalized spacial score (nSPS) is 16.6. The van der Waals surface area contributed by atoms with Crippen molar-refractivity contribution in [3.63, 3.8) is 0 Å². The molecule has 0 spiro atoms. The molecule has 1 aliphatic rings. The summed E-state index contributed by atoms with van der Waals surface area (Å²) in [6.45, 7) is 3.88. The van der Waals surface area contributed by atoms with E-state index in [0.717, 1.165) is 0 Å². The van der Waals surface area contributed by atoms with Crippen LogP contribution in [0.15, 0.2) is 24.3 Å². The van der Waals surface area contributed by atoms with Crippen LogP contribution in [0.5, 0.6) is 0 Å². The molecule has 0 bridgehead atoms. The van der Waals surface area contributed by atoms with Gasteiger partial charge in [0.1, 0.15) is 11.7 Å². The van der Waals surface area contributed by atoms with Crippen molar-refractivity contribution in [1.29, 1.82) is 0 Å². The third-order valence-electron chi connectivity index (χ3n) is 3.17. The highest BCUT2D eigenvalue weighted by Gasteiger charge is 2.24. The van der Waals surface area contributed by atoms with Crippen LogP contribution < -0.4 is 5.32 Å². The lowest BCUT2D eigenvalue weighted by atomic mass is 10.2. The van der Waals surface area contributed by atoms with Gasteiger partial charge in [-0.1, -0.05) is 12.1 Å². The fourth-order valence-electron chi connectivity index (χ4n) is 2.11. The van der Waals surface area contributed by atoms with E-state index < -0.39 is 11.0 Å². The molecule has 1 fully saturated rings. The number of anilines is 1. The minimum atomic E-state index is -0.519. The van der Waals surface area contributed by atoms with E-state index in [2.05, 4.69) is 5.32 Å². The van der Waals surface area contributed by atoms with Crippen molar-refractivity contribution in [3.05, 3.63) is 34.4 Å². The number of carbonyl (C=O) groups excluding carboxylic acids is 1. The van der Waals surface area contributed by atoms with E-state index in [1.54, 1.807) is 30.0 Å². The molecule has 0 aromatic heterocycles. The number of rotatable bonds is 4. The molecular formula is C13H17N3O4. The van der Waals surface area contributed by atoms with Gasteiger partial charge < -0.3 is 15.0 Å². The summed E-state index contributed by atoms with van der Waals surface area (Å²) in [5.74, 6) is -0.0774. The Balaban J connectivity index is 2.05. The molecule has 1 amide bonds. The second-order valence-electron chi connectivity index (χ2n) is 4.58. The van der Waals surface area contributed by atoms with Gasteiger partial charge in [0.25, 0.3) is 5.69 Å². The molecule has 1 aromatic rings. The molecule has 1 N–H and O–H groups in total. The van der Waals surface area contributed by atoms with E-state index in [0.29, 0.717) is 32.0 Å². The second kappa shape index (κ2) is 6.33. The van der Waals surface area contributed by atoms with E-state index in [9.17, 15) is 14.9 Å². The highest BCUT2D eigenvalue weighted by molar-refractivity contribution is 5.85. The number of para-hydroxylation sites is 2. The first-order chi connectivity index (χ1) is 9.59. The van der Waals surface area contributed by atoms with E-state index >= 15 is 0 Å². The third kappa shape index (κ3) is 3.24. The Labute approximate surface area is 116 Å². The first-order valence-electron chi connectivity index (χ1n) is 6.46. The molecular weight excluding hydrogens is 262 g/mol. The molecule has 7 heteroatoms. The number of carbonyl (C=O) groups is 1.